The zero-order valence-corrected chi connectivity index (χ0v) is 8.49. The second kappa shape index (κ2) is 3.77. The second-order valence-corrected chi connectivity index (χ2v) is 3.40. The van der Waals surface area contributed by atoms with Gasteiger partial charge in [-0.1, -0.05) is 12.2 Å². The fraction of sp³-hybridized carbons (Fsp3) is 0.250. The number of hydrogen-bond donors (Lipinski definition) is 1. The first-order chi connectivity index (χ1) is 7.22. The van der Waals surface area contributed by atoms with Gasteiger partial charge in [0.15, 0.2) is 0 Å². The van der Waals surface area contributed by atoms with Gasteiger partial charge in [0.1, 0.15) is 5.75 Å². The molecule has 2 rings (SSSR count). The third kappa shape index (κ3) is 1.73. The van der Waals surface area contributed by atoms with E-state index in [1.807, 2.05) is 12.2 Å². The summed E-state index contributed by atoms with van der Waals surface area (Å²) in [5.74, 6) is -0.244. The summed E-state index contributed by atoms with van der Waals surface area (Å²) in [4.78, 5) is 11.4. The van der Waals surface area contributed by atoms with Crippen molar-refractivity contribution in [3.05, 3.63) is 34.9 Å². The van der Waals surface area contributed by atoms with Crippen molar-refractivity contribution in [2.75, 3.05) is 6.61 Å². The van der Waals surface area contributed by atoms with Crippen LogP contribution in [-0.4, -0.2) is 17.7 Å². The van der Waals surface area contributed by atoms with Crippen LogP contribution in [0.4, 0.5) is 0 Å². The lowest BCUT2D eigenvalue weighted by Gasteiger charge is -2.06. The van der Waals surface area contributed by atoms with Crippen molar-refractivity contribution in [1.29, 1.82) is 0 Å². The quantitative estimate of drug-likeness (QED) is 0.751. The first-order valence-corrected chi connectivity index (χ1v) is 4.92. The van der Waals surface area contributed by atoms with Crippen molar-refractivity contribution in [3.63, 3.8) is 0 Å². The van der Waals surface area contributed by atoms with Crippen LogP contribution in [0, 0.1) is 0 Å². The van der Waals surface area contributed by atoms with Gasteiger partial charge in [-0.2, -0.15) is 0 Å². The summed E-state index contributed by atoms with van der Waals surface area (Å²) in [6.45, 7) is 2.10. The molecular weight excluding hydrogens is 192 g/mol. The number of fused-ring (bicyclic) bond motifs is 1. The van der Waals surface area contributed by atoms with Gasteiger partial charge in [0.2, 0.25) is 0 Å². The van der Waals surface area contributed by atoms with Gasteiger partial charge in [-0.05, 0) is 31.0 Å². The average Bonchev–Trinajstić information content (AvgIpc) is 2.66. The molecule has 1 aromatic rings. The van der Waals surface area contributed by atoms with Gasteiger partial charge >= 0.3 is 5.97 Å². The Kier molecular flexibility index (Phi) is 2.46. The van der Waals surface area contributed by atoms with Gasteiger partial charge in [0, 0.05) is 5.56 Å². The Balaban J connectivity index is 2.37. The van der Waals surface area contributed by atoms with Gasteiger partial charge < -0.3 is 9.84 Å². The van der Waals surface area contributed by atoms with Crippen LogP contribution in [0.15, 0.2) is 18.2 Å². The van der Waals surface area contributed by atoms with E-state index in [-0.39, 0.29) is 11.7 Å². The normalized spacial score (nSPS) is 12.6. The van der Waals surface area contributed by atoms with Crippen LogP contribution in [0.1, 0.15) is 28.4 Å². The fourth-order valence-corrected chi connectivity index (χ4v) is 1.69. The maximum absolute atomic E-state index is 11.4. The molecule has 1 aliphatic carbocycles. The summed E-state index contributed by atoms with van der Waals surface area (Å²) in [5.41, 5.74) is 2.19. The summed E-state index contributed by atoms with van der Waals surface area (Å²) < 4.78 is 4.87. The molecule has 3 heteroatoms. The van der Waals surface area contributed by atoms with Crippen molar-refractivity contribution < 1.29 is 14.6 Å². The Hall–Kier alpha value is -1.77. The summed E-state index contributed by atoms with van der Waals surface area (Å²) in [5, 5.41) is 9.67. The van der Waals surface area contributed by atoms with Crippen LogP contribution in [0.5, 0.6) is 5.75 Å². The Morgan fingerprint density at radius 1 is 1.53 bits per heavy atom. The molecule has 1 N–H and O–H groups in total. The van der Waals surface area contributed by atoms with E-state index in [0.29, 0.717) is 12.2 Å². The minimum atomic E-state index is -0.387. The van der Waals surface area contributed by atoms with Crippen LogP contribution < -0.4 is 0 Å². The fourth-order valence-electron chi connectivity index (χ4n) is 1.69. The van der Waals surface area contributed by atoms with Crippen molar-refractivity contribution in [2.45, 2.75) is 13.3 Å². The smallest absolute Gasteiger partial charge is 0.338 e. The minimum absolute atomic E-state index is 0.143. The molecule has 0 unspecified atom stereocenters. The van der Waals surface area contributed by atoms with E-state index < -0.39 is 0 Å². The third-order valence-corrected chi connectivity index (χ3v) is 2.38. The highest BCUT2D eigenvalue weighted by atomic mass is 16.5. The molecule has 0 aromatic heterocycles. The van der Waals surface area contributed by atoms with Crippen LogP contribution in [0.3, 0.4) is 0 Å². The summed E-state index contributed by atoms with van der Waals surface area (Å²) in [6.07, 6.45) is 4.58. The predicted molar refractivity (Wildman–Crippen MR) is 56.8 cm³/mol. The van der Waals surface area contributed by atoms with Crippen LogP contribution in [0.2, 0.25) is 0 Å². The average molecular weight is 204 g/mol. The Bertz CT molecular complexity index is 433. The molecule has 1 aliphatic rings. The molecule has 0 atom stereocenters. The Morgan fingerprint density at radius 3 is 3.07 bits per heavy atom. The van der Waals surface area contributed by atoms with Gasteiger partial charge in [0.05, 0.1) is 12.2 Å². The Morgan fingerprint density at radius 2 is 2.33 bits per heavy atom. The van der Waals surface area contributed by atoms with E-state index in [0.717, 1.165) is 17.5 Å². The predicted octanol–water partition coefficient (Wildman–Crippen LogP) is 2.14. The number of ether oxygens (including phenoxy) is 1. The van der Waals surface area contributed by atoms with Crippen molar-refractivity contribution >= 4 is 12.0 Å². The molecule has 0 saturated carbocycles. The highest BCUT2D eigenvalue weighted by Gasteiger charge is 2.15. The van der Waals surface area contributed by atoms with Gasteiger partial charge in [-0.25, -0.2) is 4.79 Å². The highest BCUT2D eigenvalue weighted by molar-refractivity contribution is 5.91. The highest BCUT2D eigenvalue weighted by Crippen LogP contribution is 2.29. The largest absolute Gasteiger partial charge is 0.507 e. The second-order valence-electron chi connectivity index (χ2n) is 3.40. The number of phenolic OH excluding ortho intramolecular Hbond substituents is 1. The number of carbonyl (C=O) groups excluding carboxylic acids is 1. The summed E-state index contributed by atoms with van der Waals surface area (Å²) in [6, 6.07) is 3.22. The SMILES string of the molecule is CCOC(=O)c1cc(O)c2c(c1)CC=C2. The number of benzene rings is 1. The van der Waals surface area contributed by atoms with E-state index in [2.05, 4.69) is 0 Å². The number of hydrogen-bond acceptors (Lipinski definition) is 3. The number of aromatic hydroxyl groups is 1. The van der Waals surface area contributed by atoms with Gasteiger partial charge in [-0.15, -0.1) is 0 Å². The minimum Gasteiger partial charge on any atom is -0.507 e. The van der Waals surface area contributed by atoms with E-state index in [9.17, 15) is 9.90 Å². The zero-order chi connectivity index (χ0) is 10.8. The van der Waals surface area contributed by atoms with Crippen LogP contribution >= 0.6 is 0 Å². The zero-order valence-electron chi connectivity index (χ0n) is 8.49. The first-order valence-electron chi connectivity index (χ1n) is 4.92. The van der Waals surface area contributed by atoms with Gasteiger partial charge in [0.25, 0.3) is 0 Å². The molecule has 0 heterocycles. The maximum Gasteiger partial charge on any atom is 0.338 e. The summed E-state index contributed by atoms with van der Waals surface area (Å²) in [7, 11) is 0. The number of allylic oxidation sites excluding steroid dienone is 1. The molecule has 0 fully saturated rings. The van der Waals surface area contributed by atoms with Gasteiger partial charge in [-0.3, -0.25) is 0 Å². The molecular formula is C12H12O3. The number of phenols is 1. The number of esters is 1. The van der Waals surface area contributed by atoms with Crippen LogP contribution in [-0.2, 0) is 11.2 Å². The van der Waals surface area contributed by atoms with Crippen molar-refractivity contribution in [2.24, 2.45) is 0 Å². The van der Waals surface area contributed by atoms with Crippen molar-refractivity contribution in [3.8, 4) is 5.75 Å². The molecule has 15 heavy (non-hydrogen) atoms. The van der Waals surface area contributed by atoms with Crippen molar-refractivity contribution in [1.82, 2.24) is 0 Å². The Labute approximate surface area is 88.0 Å². The molecule has 0 amide bonds. The number of rotatable bonds is 2. The number of carbonyl (C=O) groups is 1. The van der Waals surface area contributed by atoms with E-state index >= 15 is 0 Å². The molecule has 0 saturated heterocycles. The molecule has 0 spiro atoms. The summed E-state index contributed by atoms with van der Waals surface area (Å²) >= 11 is 0. The molecule has 0 radical (unpaired) electrons. The third-order valence-electron chi connectivity index (χ3n) is 2.38. The van der Waals surface area contributed by atoms with E-state index in [1.165, 1.54) is 6.07 Å². The van der Waals surface area contributed by atoms with E-state index in [4.69, 9.17) is 4.74 Å². The standard InChI is InChI=1S/C12H12O3/c1-2-15-12(14)9-6-8-4-3-5-10(8)11(13)7-9/h3,5-7,13H,2,4H2,1H3. The molecule has 0 aliphatic heterocycles. The molecule has 0 bridgehead atoms. The molecule has 1 aromatic carbocycles. The maximum atomic E-state index is 11.4. The van der Waals surface area contributed by atoms with E-state index in [1.54, 1.807) is 13.0 Å². The molecule has 3 nitrogen and oxygen atoms in total. The molecule has 78 valence electrons. The lowest BCUT2D eigenvalue weighted by molar-refractivity contribution is 0.0526. The van der Waals surface area contributed by atoms with Crippen LogP contribution in [0.25, 0.3) is 6.08 Å². The monoisotopic (exact) mass is 204 g/mol. The lowest BCUT2D eigenvalue weighted by atomic mass is 10.0. The first kappa shape index (κ1) is 9.77. The topological polar surface area (TPSA) is 46.5 Å². The lowest BCUT2D eigenvalue weighted by Crippen LogP contribution is -2.05.